The number of benzene rings is 1. The van der Waals surface area contributed by atoms with Crippen LogP contribution in [0.25, 0.3) is 11.0 Å². The molecule has 2 aromatic heterocycles. The first-order chi connectivity index (χ1) is 15.0. The van der Waals surface area contributed by atoms with Gasteiger partial charge in [0.05, 0.1) is 5.60 Å². The summed E-state index contributed by atoms with van der Waals surface area (Å²) in [6, 6.07) is 11.1. The number of hydrogen-bond acceptors (Lipinski definition) is 5. The third-order valence-electron chi connectivity index (χ3n) is 7.20. The van der Waals surface area contributed by atoms with Crippen molar-refractivity contribution in [1.82, 2.24) is 14.3 Å². The number of aromatic amines is 1. The smallest absolute Gasteiger partial charge is 0.423 e. The molecule has 3 aliphatic rings. The van der Waals surface area contributed by atoms with E-state index >= 15 is 0 Å². The van der Waals surface area contributed by atoms with Gasteiger partial charge in [-0.3, -0.25) is 0 Å². The molecular formula is C24H28BN3O2S. The lowest BCUT2D eigenvalue weighted by Gasteiger charge is -2.53. The highest BCUT2D eigenvalue weighted by Gasteiger charge is 2.63. The number of H-pyrrole nitrogens is 1. The second kappa shape index (κ2) is 7.10. The summed E-state index contributed by atoms with van der Waals surface area (Å²) in [4.78, 5) is 8.97. The topological polar surface area (TPSA) is 61.4 Å². The Hall–Kier alpha value is -1.80. The van der Waals surface area contributed by atoms with Crippen molar-refractivity contribution < 1.29 is 9.68 Å². The fourth-order valence-corrected chi connectivity index (χ4v) is 7.12. The minimum Gasteiger partial charge on any atom is -0.423 e. The molecule has 2 spiro atoms. The van der Waals surface area contributed by atoms with E-state index < -0.39 is 7.12 Å². The van der Waals surface area contributed by atoms with E-state index in [2.05, 4.69) is 58.5 Å². The van der Waals surface area contributed by atoms with Crippen molar-refractivity contribution in [2.75, 3.05) is 13.1 Å². The highest BCUT2D eigenvalue weighted by Crippen LogP contribution is 2.63. The summed E-state index contributed by atoms with van der Waals surface area (Å²) in [6.07, 6.45) is 7.96. The predicted octanol–water partition coefficient (Wildman–Crippen LogP) is 3.87. The fourth-order valence-electron chi connectivity index (χ4n) is 6.04. The molecule has 2 fully saturated rings. The summed E-state index contributed by atoms with van der Waals surface area (Å²) < 4.78 is 8.70. The van der Waals surface area contributed by atoms with Crippen molar-refractivity contribution in [1.29, 1.82) is 0 Å². The van der Waals surface area contributed by atoms with Gasteiger partial charge in [-0.05, 0) is 78.3 Å². The summed E-state index contributed by atoms with van der Waals surface area (Å²) in [5, 5.41) is 11.6. The van der Waals surface area contributed by atoms with Crippen LogP contribution in [0.1, 0.15) is 44.2 Å². The maximum Gasteiger partial charge on any atom is 0.493 e. The number of aromatic nitrogens is 2. The molecule has 1 saturated heterocycles. The number of fused-ring (bicyclic) bond motifs is 4. The second-order valence-corrected chi connectivity index (χ2v) is 11.3. The normalized spacial score (nSPS) is 27.7. The van der Waals surface area contributed by atoms with Crippen LogP contribution in [0.3, 0.4) is 0 Å². The fraction of sp³-hybridized carbons (Fsp3) is 0.458. The van der Waals surface area contributed by atoms with Gasteiger partial charge in [0.1, 0.15) is 5.65 Å². The van der Waals surface area contributed by atoms with Crippen LogP contribution in [0.5, 0.6) is 0 Å². The molecule has 0 amide bonds. The summed E-state index contributed by atoms with van der Waals surface area (Å²) in [5.74, 6) is 0.688. The highest BCUT2D eigenvalue weighted by atomic mass is 32.2. The molecule has 5 nitrogen and oxygen atoms in total. The Morgan fingerprint density at radius 3 is 2.84 bits per heavy atom. The number of nitrogens with one attached hydrogen (secondary N) is 1. The Kier molecular flexibility index (Phi) is 4.55. The summed E-state index contributed by atoms with van der Waals surface area (Å²) in [5.41, 5.74) is 4.20. The largest absolute Gasteiger partial charge is 0.493 e. The Labute approximate surface area is 187 Å². The zero-order chi connectivity index (χ0) is 21.2. The van der Waals surface area contributed by atoms with E-state index in [1.54, 1.807) is 6.20 Å². The lowest BCUT2D eigenvalue weighted by Crippen LogP contribution is -2.51. The van der Waals surface area contributed by atoms with Crippen molar-refractivity contribution in [3.63, 3.8) is 0 Å². The van der Waals surface area contributed by atoms with Gasteiger partial charge in [-0.2, -0.15) is 0 Å². The van der Waals surface area contributed by atoms with Gasteiger partial charge in [-0.1, -0.05) is 26.0 Å². The molecule has 2 aliphatic heterocycles. The van der Waals surface area contributed by atoms with E-state index in [9.17, 15) is 5.02 Å². The van der Waals surface area contributed by atoms with Crippen LogP contribution in [-0.2, 0) is 16.7 Å². The Bertz CT molecular complexity index is 1120. The standard InChI is InChI=1S/C24H28BN3O2S/c1-16(2)11-17-3-5-18(6-4-17)31-28-10-8-23(15-28)13-24(14-23)21-19-7-9-26-22(19)27-12-20(21)25(29)30-24/h3-7,9,12,16,29H,8,10-11,13-15H2,1-2H3,(H,26,27). The minimum atomic E-state index is -0.865. The first-order valence-electron chi connectivity index (χ1n) is 11.3. The van der Waals surface area contributed by atoms with Crippen molar-refractivity contribution >= 4 is 35.6 Å². The van der Waals surface area contributed by atoms with Crippen LogP contribution < -0.4 is 5.46 Å². The molecule has 0 radical (unpaired) electrons. The average molecular weight is 433 g/mol. The van der Waals surface area contributed by atoms with Crippen molar-refractivity contribution in [3.8, 4) is 0 Å². The van der Waals surface area contributed by atoms with Crippen molar-refractivity contribution in [3.05, 3.63) is 53.9 Å². The zero-order valence-corrected chi connectivity index (χ0v) is 18.9. The number of rotatable bonds is 4. The van der Waals surface area contributed by atoms with Gasteiger partial charge in [0.25, 0.3) is 0 Å². The van der Waals surface area contributed by atoms with Gasteiger partial charge < -0.3 is 14.7 Å². The summed E-state index contributed by atoms with van der Waals surface area (Å²) in [7, 11) is -0.865. The maximum atomic E-state index is 10.5. The molecule has 7 heteroatoms. The van der Waals surface area contributed by atoms with Crippen molar-refractivity contribution in [2.45, 2.75) is 50.0 Å². The molecule has 0 bridgehead atoms. The first kappa shape index (κ1) is 19.9. The van der Waals surface area contributed by atoms with Crippen LogP contribution in [0.2, 0.25) is 0 Å². The quantitative estimate of drug-likeness (QED) is 0.483. The molecule has 1 saturated carbocycles. The van der Waals surface area contributed by atoms with E-state index in [-0.39, 0.29) is 11.0 Å². The van der Waals surface area contributed by atoms with E-state index in [1.165, 1.54) is 16.9 Å². The summed E-state index contributed by atoms with van der Waals surface area (Å²) >= 11 is 1.88. The lowest BCUT2D eigenvalue weighted by atomic mass is 9.56. The minimum absolute atomic E-state index is 0.276. The summed E-state index contributed by atoms with van der Waals surface area (Å²) in [6.45, 7) is 6.70. The predicted molar refractivity (Wildman–Crippen MR) is 125 cm³/mol. The van der Waals surface area contributed by atoms with E-state index in [4.69, 9.17) is 4.65 Å². The van der Waals surface area contributed by atoms with Gasteiger partial charge in [-0.15, -0.1) is 0 Å². The third kappa shape index (κ3) is 3.25. The van der Waals surface area contributed by atoms with Crippen LogP contribution >= 0.6 is 11.9 Å². The molecule has 31 heavy (non-hydrogen) atoms. The van der Waals surface area contributed by atoms with Crippen LogP contribution in [0.4, 0.5) is 0 Å². The average Bonchev–Trinajstić information content (AvgIpc) is 3.40. The Morgan fingerprint density at radius 2 is 2.06 bits per heavy atom. The Balaban J connectivity index is 1.16. The first-order valence-corrected chi connectivity index (χ1v) is 12.1. The van der Waals surface area contributed by atoms with E-state index in [0.717, 1.165) is 54.4 Å². The zero-order valence-electron chi connectivity index (χ0n) is 18.1. The SMILES string of the molecule is CC(C)Cc1ccc(SN2CCC3(C2)CC2(C3)OB(O)c3cnc4[nH]ccc4c32)cc1. The number of nitrogens with zero attached hydrogens (tertiary/aromatic N) is 2. The van der Waals surface area contributed by atoms with Crippen LogP contribution in [-0.4, -0.2) is 39.5 Å². The number of hydrogen-bond donors (Lipinski definition) is 2. The monoisotopic (exact) mass is 433 g/mol. The molecule has 0 atom stereocenters. The van der Waals surface area contributed by atoms with E-state index in [0.29, 0.717) is 5.92 Å². The van der Waals surface area contributed by atoms with Crippen LogP contribution in [0.15, 0.2) is 47.6 Å². The molecule has 6 rings (SSSR count). The van der Waals surface area contributed by atoms with Gasteiger partial charge in [0, 0.05) is 41.2 Å². The van der Waals surface area contributed by atoms with Gasteiger partial charge in [0.2, 0.25) is 0 Å². The van der Waals surface area contributed by atoms with Gasteiger partial charge in [0.15, 0.2) is 0 Å². The second-order valence-electron chi connectivity index (χ2n) is 10.1. The van der Waals surface area contributed by atoms with Crippen molar-refractivity contribution in [2.24, 2.45) is 11.3 Å². The maximum absolute atomic E-state index is 10.5. The lowest BCUT2D eigenvalue weighted by molar-refractivity contribution is -0.108. The molecular weight excluding hydrogens is 405 g/mol. The van der Waals surface area contributed by atoms with Gasteiger partial charge in [-0.25, -0.2) is 9.29 Å². The molecule has 4 heterocycles. The molecule has 1 aliphatic carbocycles. The number of pyridine rings is 1. The molecule has 3 aromatic rings. The van der Waals surface area contributed by atoms with E-state index in [1.807, 2.05) is 18.1 Å². The molecule has 160 valence electrons. The molecule has 1 aromatic carbocycles. The Morgan fingerprint density at radius 1 is 1.26 bits per heavy atom. The van der Waals surface area contributed by atoms with Gasteiger partial charge >= 0.3 is 7.12 Å². The molecule has 2 N–H and O–H groups in total. The van der Waals surface area contributed by atoms with Crippen LogP contribution in [0, 0.1) is 11.3 Å². The third-order valence-corrected chi connectivity index (χ3v) is 8.25. The highest BCUT2D eigenvalue weighted by molar-refractivity contribution is 7.97. The molecule has 0 unspecified atom stereocenters.